The molecule has 2 aromatic rings. The Morgan fingerprint density at radius 2 is 2.38 bits per heavy atom. The van der Waals surface area contributed by atoms with Crippen LogP contribution in [0.1, 0.15) is 0 Å². The van der Waals surface area contributed by atoms with Gasteiger partial charge in [0.1, 0.15) is 0 Å². The number of aromatic amines is 1. The van der Waals surface area contributed by atoms with E-state index in [4.69, 9.17) is 5.41 Å². The first-order valence-corrected chi connectivity index (χ1v) is 3.17. The van der Waals surface area contributed by atoms with Gasteiger partial charge in [-0.05, 0) is 4.68 Å². The summed E-state index contributed by atoms with van der Waals surface area (Å²) in [6.45, 7) is 0. The van der Waals surface area contributed by atoms with Gasteiger partial charge in [0.15, 0.2) is 16.9 Å². The maximum Gasteiger partial charge on any atom is 0.225 e. The van der Waals surface area contributed by atoms with E-state index in [-0.39, 0.29) is 16.7 Å². The van der Waals surface area contributed by atoms with Crippen LogP contribution in [0.15, 0.2) is 6.33 Å². The zero-order chi connectivity index (χ0) is 9.42. The van der Waals surface area contributed by atoms with Gasteiger partial charge < -0.3 is 0 Å². The normalized spacial score (nSPS) is 10.5. The molecule has 9 heteroatoms. The zero-order valence-corrected chi connectivity index (χ0v) is 6.13. The fraction of sp³-hybridized carbons (Fsp3) is 0. The average Bonchev–Trinajstić information content (AvgIpc) is 2.52. The van der Waals surface area contributed by atoms with Gasteiger partial charge in [0.05, 0.1) is 0 Å². The smallest absolute Gasteiger partial charge is 0.225 e. The largest absolute Gasteiger partial charge is 0.277 e. The van der Waals surface area contributed by atoms with Crippen molar-refractivity contribution in [3.8, 4) is 0 Å². The molecule has 9 nitrogen and oxygen atoms in total. The summed E-state index contributed by atoms with van der Waals surface area (Å²) in [4.78, 5) is 14.0. The first-order valence-electron chi connectivity index (χ1n) is 3.17. The maximum atomic E-state index is 10.3. The van der Waals surface area contributed by atoms with Gasteiger partial charge >= 0.3 is 0 Å². The molecule has 66 valence electrons. The van der Waals surface area contributed by atoms with Crippen molar-refractivity contribution in [3.63, 3.8) is 0 Å². The molecule has 13 heavy (non-hydrogen) atoms. The first-order chi connectivity index (χ1) is 6.20. The van der Waals surface area contributed by atoms with Crippen molar-refractivity contribution in [1.82, 2.24) is 25.1 Å². The standard InChI is InChI=1S/C4H3N7O2/c5-3-2-4(8-9-7-2)6-1-10(3)11(12)13/h1,5H,(H,7,8,9). The number of nitrogens with zero attached hydrogens (tertiary/aromatic N) is 5. The van der Waals surface area contributed by atoms with E-state index in [1.807, 2.05) is 0 Å². The minimum absolute atomic E-state index is 0.0687. The number of aromatic nitrogens is 5. The molecule has 0 saturated carbocycles. The molecule has 2 heterocycles. The van der Waals surface area contributed by atoms with Crippen LogP contribution in [0.3, 0.4) is 0 Å². The summed E-state index contributed by atoms with van der Waals surface area (Å²) in [6.07, 6.45) is 0.910. The first kappa shape index (κ1) is 7.34. The van der Waals surface area contributed by atoms with Crippen LogP contribution in [0.2, 0.25) is 0 Å². The number of hydrogen-bond acceptors (Lipinski definition) is 6. The predicted molar refractivity (Wildman–Crippen MR) is 37.9 cm³/mol. The van der Waals surface area contributed by atoms with E-state index in [1.54, 1.807) is 0 Å². The molecule has 0 amide bonds. The van der Waals surface area contributed by atoms with Crippen molar-refractivity contribution in [2.45, 2.75) is 0 Å². The molecule has 0 saturated heterocycles. The highest BCUT2D eigenvalue weighted by Crippen LogP contribution is 1.94. The van der Waals surface area contributed by atoms with Gasteiger partial charge in [-0.3, -0.25) is 5.41 Å². The van der Waals surface area contributed by atoms with Crippen LogP contribution in [-0.2, 0) is 0 Å². The molecule has 0 atom stereocenters. The fourth-order valence-corrected chi connectivity index (χ4v) is 0.874. The second-order valence-electron chi connectivity index (χ2n) is 2.17. The van der Waals surface area contributed by atoms with Gasteiger partial charge in [-0.2, -0.15) is 10.3 Å². The lowest BCUT2D eigenvalue weighted by Crippen LogP contribution is -2.26. The maximum absolute atomic E-state index is 10.3. The van der Waals surface area contributed by atoms with E-state index in [2.05, 4.69) is 20.4 Å². The minimum Gasteiger partial charge on any atom is -0.277 e. The van der Waals surface area contributed by atoms with E-state index in [9.17, 15) is 10.1 Å². The van der Waals surface area contributed by atoms with Crippen molar-refractivity contribution in [2.24, 2.45) is 0 Å². The molecule has 0 bridgehead atoms. The monoisotopic (exact) mass is 181 g/mol. The van der Waals surface area contributed by atoms with E-state index >= 15 is 0 Å². The van der Waals surface area contributed by atoms with Crippen LogP contribution < -0.4 is 5.49 Å². The van der Waals surface area contributed by atoms with E-state index < -0.39 is 5.03 Å². The van der Waals surface area contributed by atoms with Crippen molar-refractivity contribution < 1.29 is 5.03 Å². The summed E-state index contributed by atoms with van der Waals surface area (Å²) >= 11 is 0. The molecular weight excluding hydrogens is 178 g/mol. The summed E-state index contributed by atoms with van der Waals surface area (Å²) in [5.74, 6) is 0. The average molecular weight is 181 g/mol. The van der Waals surface area contributed by atoms with Crippen LogP contribution >= 0.6 is 0 Å². The molecule has 2 N–H and O–H groups in total. The summed E-state index contributed by atoms with van der Waals surface area (Å²) in [5.41, 5.74) is -0.106. The van der Waals surface area contributed by atoms with E-state index in [1.165, 1.54) is 0 Å². The second kappa shape index (κ2) is 2.33. The van der Waals surface area contributed by atoms with E-state index in [0.29, 0.717) is 4.68 Å². The molecular formula is C4H3N7O2. The lowest BCUT2D eigenvalue weighted by molar-refractivity contribution is -0.546. The molecule has 0 radical (unpaired) electrons. The van der Waals surface area contributed by atoms with Crippen molar-refractivity contribution in [1.29, 1.82) is 5.41 Å². The molecule has 2 aromatic heterocycles. The number of rotatable bonds is 1. The van der Waals surface area contributed by atoms with Crippen LogP contribution in [0.4, 0.5) is 0 Å². The Bertz CT molecular complexity index is 525. The van der Waals surface area contributed by atoms with Crippen molar-refractivity contribution >= 4 is 11.2 Å². The second-order valence-corrected chi connectivity index (χ2v) is 2.17. The highest BCUT2D eigenvalue weighted by Gasteiger charge is 2.10. The summed E-state index contributed by atoms with van der Waals surface area (Å²) in [7, 11) is 0. The predicted octanol–water partition coefficient (Wildman–Crippen LogP) is -1.33. The highest BCUT2D eigenvalue weighted by molar-refractivity contribution is 5.65. The molecule has 2 rings (SSSR count). The lowest BCUT2D eigenvalue weighted by Gasteiger charge is -1.92. The van der Waals surface area contributed by atoms with Crippen LogP contribution in [0.5, 0.6) is 0 Å². The van der Waals surface area contributed by atoms with Crippen molar-refractivity contribution in [2.75, 3.05) is 0 Å². The summed E-state index contributed by atoms with van der Waals surface area (Å²) in [5, 5.41) is 26.3. The number of fused-ring (bicyclic) bond motifs is 1. The molecule has 0 aliphatic carbocycles. The Kier molecular flexibility index (Phi) is 1.32. The zero-order valence-electron chi connectivity index (χ0n) is 6.13. The number of hydrogen-bond donors (Lipinski definition) is 2. The Hall–Kier alpha value is -2.32. The highest BCUT2D eigenvalue weighted by atomic mass is 16.7. The van der Waals surface area contributed by atoms with Gasteiger partial charge in [-0.25, -0.2) is 15.1 Å². The third-order valence-corrected chi connectivity index (χ3v) is 1.45. The van der Waals surface area contributed by atoms with Gasteiger partial charge in [0.2, 0.25) is 11.1 Å². The molecule has 0 aliphatic heterocycles. The third kappa shape index (κ3) is 0.937. The quantitative estimate of drug-likeness (QED) is 0.416. The molecule has 0 fully saturated rings. The van der Waals surface area contributed by atoms with Crippen LogP contribution in [0.25, 0.3) is 11.2 Å². The minimum atomic E-state index is -0.760. The molecule has 0 aliphatic rings. The fourth-order valence-electron chi connectivity index (χ4n) is 0.874. The Morgan fingerprint density at radius 3 is 3.08 bits per heavy atom. The SMILES string of the molecule is N=c1c2n[nH]nc2ncn1[N+](=O)[O-]. The van der Waals surface area contributed by atoms with Crippen LogP contribution in [0, 0.1) is 15.5 Å². The van der Waals surface area contributed by atoms with E-state index in [0.717, 1.165) is 6.33 Å². The van der Waals surface area contributed by atoms with Gasteiger partial charge in [0.25, 0.3) is 0 Å². The number of H-pyrrole nitrogens is 1. The lowest BCUT2D eigenvalue weighted by atomic mass is 10.5. The van der Waals surface area contributed by atoms with Gasteiger partial charge in [0, 0.05) is 0 Å². The molecule has 0 unspecified atom stereocenters. The Labute approximate surface area is 69.7 Å². The summed E-state index contributed by atoms with van der Waals surface area (Å²) in [6, 6.07) is 0. The van der Waals surface area contributed by atoms with Gasteiger partial charge in [-0.15, -0.1) is 5.10 Å². The van der Waals surface area contributed by atoms with Gasteiger partial charge in [-0.1, -0.05) is 0 Å². The topological polar surface area (TPSA) is 126 Å². The Morgan fingerprint density at radius 1 is 1.62 bits per heavy atom. The number of nitrogens with one attached hydrogen (secondary N) is 2. The summed E-state index contributed by atoms with van der Waals surface area (Å²) < 4.78 is 0.463. The third-order valence-electron chi connectivity index (χ3n) is 1.45. The molecule has 0 spiro atoms. The number of nitro groups is 1. The van der Waals surface area contributed by atoms with Crippen LogP contribution in [-0.4, -0.2) is 30.1 Å². The Balaban J connectivity index is 2.89. The molecule has 0 aromatic carbocycles. The van der Waals surface area contributed by atoms with Crippen molar-refractivity contribution in [3.05, 3.63) is 21.9 Å².